The molecule has 0 aliphatic heterocycles. The van der Waals surface area contributed by atoms with Crippen molar-refractivity contribution >= 4 is 29.8 Å². The maximum Gasteiger partial charge on any atom is 0.409 e. The molecule has 0 unspecified atom stereocenters. The third-order valence-corrected chi connectivity index (χ3v) is 5.52. The van der Waals surface area contributed by atoms with Gasteiger partial charge in [0.15, 0.2) is 0 Å². The fourth-order valence-electron chi connectivity index (χ4n) is 3.19. The van der Waals surface area contributed by atoms with Crippen LogP contribution in [0.4, 0.5) is 20.1 Å². The molecule has 0 heterocycles. The topological polar surface area (TPSA) is 154 Å². The van der Waals surface area contributed by atoms with E-state index in [9.17, 15) is 19.2 Å². The van der Waals surface area contributed by atoms with Crippen molar-refractivity contribution in [3.63, 3.8) is 0 Å². The zero-order valence-corrected chi connectivity index (χ0v) is 20.9. The minimum atomic E-state index is -0.926. The summed E-state index contributed by atoms with van der Waals surface area (Å²) in [4.78, 5) is 48.6. The summed E-state index contributed by atoms with van der Waals surface area (Å²) < 4.78 is 5.35. The molecule has 0 fully saturated rings. The predicted octanol–water partition coefficient (Wildman–Crippen LogP) is 3.45. The number of nitrogens with one attached hydrogen (secondary N) is 2. The van der Waals surface area contributed by atoms with Crippen LogP contribution in [0.2, 0.25) is 0 Å². The average molecular weight is 494 g/mol. The van der Waals surface area contributed by atoms with E-state index >= 15 is 0 Å². The van der Waals surface area contributed by atoms with Crippen LogP contribution in [0.3, 0.4) is 0 Å². The molecule has 0 spiro atoms. The second kappa shape index (κ2) is 16.2. The van der Waals surface area contributed by atoms with Crippen molar-refractivity contribution in [1.82, 2.24) is 15.1 Å². The molecule has 5 amide bonds. The number of carbonyl (C=O) groups excluding carboxylic acids is 3. The summed E-state index contributed by atoms with van der Waals surface area (Å²) in [5, 5.41) is 14.2. The Morgan fingerprint density at radius 1 is 0.971 bits per heavy atom. The molecule has 0 radical (unpaired) electrons. The molecule has 0 aromatic heterocycles. The molecule has 1 aromatic rings. The number of rotatable bonds is 15. The van der Waals surface area contributed by atoms with E-state index in [1.165, 1.54) is 9.80 Å². The van der Waals surface area contributed by atoms with Gasteiger partial charge in [0.1, 0.15) is 6.61 Å². The van der Waals surface area contributed by atoms with Crippen LogP contribution in [0.5, 0.6) is 0 Å². The van der Waals surface area contributed by atoms with Crippen molar-refractivity contribution < 1.29 is 29.0 Å². The molecule has 0 saturated carbocycles. The van der Waals surface area contributed by atoms with Crippen molar-refractivity contribution in [2.45, 2.75) is 52.1 Å². The Morgan fingerprint density at radius 2 is 1.57 bits per heavy atom. The molecule has 11 nitrogen and oxygen atoms in total. The number of nitrogens with two attached hydrogens (primary N) is 1. The molecule has 1 aromatic carbocycles. The van der Waals surface area contributed by atoms with Gasteiger partial charge in [-0.05, 0) is 43.4 Å². The first-order chi connectivity index (χ1) is 16.6. The van der Waals surface area contributed by atoms with Gasteiger partial charge < -0.3 is 36.0 Å². The summed E-state index contributed by atoms with van der Waals surface area (Å²) in [5.41, 5.74) is 6.47. The van der Waals surface area contributed by atoms with Crippen LogP contribution >= 0.6 is 0 Å². The molecule has 35 heavy (non-hydrogen) atoms. The molecule has 0 aliphatic rings. The molecule has 0 aliphatic carbocycles. The average Bonchev–Trinajstić information content (AvgIpc) is 2.82. The Bertz CT molecular complexity index is 817. The van der Waals surface area contributed by atoms with Crippen LogP contribution in [0.1, 0.15) is 51.0 Å². The Balaban J connectivity index is 2.26. The zero-order valence-electron chi connectivity index (χ0n) is 20.9. The highest BCUT2D eigenvalue weighted by atomic mass is 16.6. The van der Waals surface area contributed by atoms with E-state index in [4.69, 9.17) is 15.6 Å². The first-order valence-electron chi connectivity index (χ1n) is 11.8. The number of primary amides is 1. The number of hydrogen-bond donors (Lipinski definition) is 4. The highest BCUT2D eigenvalue weighted by Crippen LogP contribution is 2.14. The number of amides is 5. The smallest absolute Gasteiger partial charge is 0.409 e. The normalized spacial score (nSPS) is 11.3. The maximum absolute atomic E-state index is 12.3. The van der Waals surface area contributed by atoms with Gasteiger partial charge in [-0.1, -0.05) is 31.9 Å². The van der Waals surface area contributed by atoms with Gasteiger partial charge in [-0.25, -0.2) is 14.4 Å². The second-order valence-electron chi connectivity index (χ2n) is 8.61. The van der Waals surface area contributed by atoms with E-state index in [0.717, 1.165) is 31.2 Å². The quantitative estimate of drug-likeness (QED) is 0.274. The van der Waals surface area contributed by atoms with E-state index < -0.39 is 18.2 Å². The van der Waals surface area contributed by atoms with Gasteiger partial charge in [0.25, 0.3) is 0 Å². The predicted molar refractivity (Wildman–Crippen MR) is 133 cm³/mol. The van der Waals surface area contributed by atoms with E-state index in [1.807, 2.05) is 6.92 Å². The summed E-state index contributed by atoms with van der Waals surface area (Å²) in [5.74, 6) is -0.328. The number of carboxylic acid groups (broad SMARTS) is 1. The maximum atomic E-state index is 12.3. The van der Waals surface area contributed by atoms with Crippen LogP contribution in [0.25, 0.3) is 0 Å². The van der Waals surface area contributed by atoms with Gasteiger partial charge in [0, 0.05) is 45.3 Å². The van der Waals surface area contributed by atoms with Crippen molar-refractivity contribution in [1.29, 1.82) is 0 Å². The lowest BCUT2D eigenvalue weighted by atomic mass is 10.0. The minimum Gasteiger partial charge on any atom is -0.465 e. The van der Waals surface area contributed by atoms with E-state index in [1.54, 1.807) is 38.4 Å². The zero-order chi connectivity index (χ0) is 26.2. The number of carbonyl (C=O) groups is 4. The number of nitrogens with zero attached hydrogens (tertiary/aromatic N) is 2. The van der Waals surface area contributed by atoms with Gasteiger partial charge >= 0.3 is 18.2 Å². The standard InChI is InChI=1S/C24H39N5O6/c1-18(9-8-14-26-22(25)31)21(30)27-20-12-10-19(11-13-20)17-35-24(34)29(3)16-7-5-4-6-15-28(2)23(32)33/h10-13,18H,4-9,14-17H2,1-3H3,(H,27,30)(H,32,33)(H3,25,26,31)/t18-/m1/s1. The van der Waals surface area contributed by atoms with E-state index in [2.05, 4.69) is 10.6 Å². The molecule has 0 bridgehead atoms. The number of benzene rings is 1. The molecule has 1 atom stereocenters. The van der Waals surface area contributed by atoms with Crippen molar-refractivity contribution in [2.24, 2.45) is 11.7 Å². The Hall–Kier alpha value is -3.50. The highest BCUT2D eigenvalue weighted by Gasteiger charge is 2.13. The molecular formula is C24H39N5O6. The van der Waals surface area contributed by atoms with Crippen LogP contribution in [0, 0.1) is 5.92 Å². The second-order valence-corrected chi connectivity index (χ2v) is 8.61. The first kappa shape index (κ1) is 29.5. The summed E-state index contributed by atoms with van der Waals surface area (Å²) >= 11 is 0. The highest BCUT2D eigenvalue weighted by molar-refractivity contribution is 5.92. The minimum absolute atomic E-state index is 0.112. The Morgan fingerprint density at radius 3 is 2.14 bits per heavy atom. The SMILES string of the molecule is C[C@H](CCCNC(N)=O)C(=O)Nc1ccc(COC(=O)N(C)CCCCCCN(C)C(=O)O)cc1. The molecule has 0 saturated heterocycles. The van der Waals surface area contributed by atoms with Crippen molar-refractivity contribution in [2.75, 3.05) is 39.0 Å². The summed E-state index contributed by atoms with van der Waals surface area (Å²) in [7, 11) is 3.23. The first-order valence-corrected chi connectivity index (χ1v) is 11.8. The number of ether oxygens (including phenoxy) is 1. The lowest BCUT2D eigenvalue weighted by Gasteiger charge is -2.17. The number of unbranched alkanes of at least 4 members (excludes halogenated alkanes) is 3. The summed E-state index contributed by atoms with van der Waals surface area (Å²) in [6.45, 7) is 3.45. The molecule has 196 valence electrons. The summed E-state index contributed by atoms with van der Waals surface area (Å²) in [6, 6.07) is 6.52. The Kier molecular flexibility index (Phi) is 13.7. The number of urea groups is 1. The van der Waals surface area contributed by atoms with Crippen LogP contribution in [0.15, 0.2) is 24.3 Å². The largest absolute Gasteiger partial charge is 0.465 e. The molecule has 1 rings (SSSR count). The van der Waals surface area contributed by atoms with Crippen LogP contribution in [-0.4, -0.2) is 72.8 Å². The van der Waals surface area contributed by atoms with E-state index in [-0.39, 0.29) is 18.4 Å². The van der Waals surface area contributed by atoms with Gasteiger partial charge in [-0.2, -0.15) is 0 Å². The van der Waals surface area contributed by atoms with Gasteiger partial charge in [0.05, 0.1) is 0 Å². The lowest BCUT2D eigenvalue weighted by Crippen LogP contribution is -2.30. The molecular weight excluding hydrogens is 454 g/mol. The van der Waals surface area contributed by atoms with Gasteiger partial charge in [-0.15, -0.1) is 0 Å². The number of anilines is 1. The van der Waals surface area contributed by atoms with Crippen molar-refractivity contribution in [3.8, 4) is 0 Å². The van der Waals surface area contributed by atoms with E-state index in [0.29, 0.717) is 38.2 Å². The third-order valence-electron chi connectivity index (χ3n) is 5.52. The molecule has 11 heteroatoms. The monoisotopic (exact) mass is 493 g/mol. The van der Waals surface area contributed by atoms with Crippen LogP contribution in [-0.2, 0) is 16.1 Å². The van der Waals surface area contributed by atoms with Crippen molar-refractivity contribution in [3.05, 3.63) is 29.8 Å². The summed E-state index contributed by atoms with van der Waals surface area (Å²) in [6.07, 6.45) is 3.35. The third kappa shape index (κ3) is 13.1. The van der Waals surface area contributed by atoms with Crippen LogP contribution < -0.4 is 16.4 Å². The fourth-order valence-corrected chi connectivity index (χ4v) is 3.19. The van der Waals surface area contributed by atoms with Gasteiger partial charge in [0.2, 0.25) is 5.91 Å². The molecule has 5 N–H and O–H groups in total. The fraction of sp³-hybridized carbons (Fsp3) is 0.583. The lowest BCUT2D eigenvalue weighted by molar-refractivity contribution is -0.119. The Labute approximate surface area is 207 Å². The van der Waals surface area contributed by atoms with Gasteiger partial charge in [-0.3, -0.25) is 4.79 Å². The number of hydrogen-bond acceptors (Lipinski definition) is 5.